The van der Waals surface area contributed by atoms with Crippen molar-refractivity contribution in [3.05, 3.63) is 17.5 Å². The summed E-state index contributed by atoms with van der Waals surface area (Å²) in [5.74, 6) is 0.679. The first kappa shape index (κ1) is 11.2. The average Bonchev–Trinajstić information content (AvgIpc) is 2.18. The molecule has 4 nitrogen and oxygen atoms in total. The second-order valence-corrected chi connectivity index (χ2v) is 3.44. The van der Waals surface area contributed by atoms with Gasteiger partial charge in [-0.25, -0.2) is 9.97 Å². The van der Waals surface area contributed by atoms with Crippen LogP contribution < -0.4 is 4.90 Å². The lowest BCUT2D eigenvalue weighted by molar-refractivity contribution is 0.183. The summed E-state index contributed by atoms with van der Waals surface area (Å²) in [4.78, 5) is 10.1. The highest BCUT2D eigenvalue weighted by Gasteiger charge is 2.14. The quantitative estimate of drug-likeness (QED) is 0.765. The lowest BCUT2D eigenvalue weighted by Crippen LogP contribution is -2.33. The number of aromatic nitrogens is 2. The Hall–Kier alpha value is -0.870. The van der Waals surface area contributed by atoms with Crippen LogP contribution >= 0.6 is 11.6 Å². The minimum absolute atomic E-state index is 0.217. The van der Waals surface area contributed by atoms with E-state index in [-0.39, 0.29) is 6.04 Å². The zero-order chi connectivity index (χ0) is 10.6. The van der Waals surface area contributed by atoms with Gasteiger partial charge in [-0.15, -0.1) is 0 Å². The summed E-state index contributed by atoms with van der Waals surface area (Å²) in [6.07, 6.45) is 3.19. The van der Waals surface area contributed by atoms with Crippen molar-refractivity contribution in [1.29, 1.82) is 0 Å². The van der Waals surface area contributed by atoms with Crippen molar-refractivity contribution in [2.45, 2.75) is 13.0 Å². The van der Waals surface area contributed by atoms with Crippen molar-refractivity contribution in [3.8, 4) is 0 Å². The standard InChI is InChI=1S/C9H14ClN3O/c1-7(6-14-3)13(2)9-8(10)11-4-5-12-9/h4-5,7H,6H2,1-3H3. The Labute approximate surface area is 88.9 Å². The zero-order valence-corrected chi connectivity index (χ0v) is 9.32. The predicted octanol–water partition coefficient (Wildman–Crippen LogP) is 1.60. The third kappa shape index (κ3) is 2.56. The van der Waals surface area contributed by atoms with E-state index in [0.717, 1.165) is 0 Å². The Balaban J connectivity index is 2.78. The summed E-state index contributed by atoms with van der Waals surface area (Å²) < 4.78 is 5.05. The fraction of sp³-hybridized carbons (Fsp3) is 0.556. The number of halogens is 1. The van der Waals surface area contributed by atoms with E-state index in [2.05, 4.69) is 9.97 Å². The van der Waals surface area contributed by atoms with Crippen molar-refractivity contribution in [1.82, 2.24) is 9.97 Å². The van der Waals surface area contributed by atoms with Gasteiger partial charge in [-0.3, -0.25) is 0 Å². The van der Waals surface area contributed by atoms with E-state index in [9.17, 15) is 0 Å². The molecule has 0 fully saturated rings. The highest BCUT2D eigenvalue weighted by Crippen LogP contribution is 2.20. The number of ether oxygens (including phenoxy) is 1. The van der Waals surface area contributed by atoms with Crippen molar-refractivity contribution < 1.29 is 4.74 Å². The molecule has 5 heteroatoms. The van der Waals surface area contributed by atoms with Gasteiger partial charge in [-0.05, 0) is 6.92 Å². The highest BCUT2D eigenvalue weighted by atomic mass is 35.5. The maximum absolute atomic E-state index is 5.91. The molecule has 0 amide bonds. The van der Waals surface area contributed by atoms with Crippen LogP contribution in [-0.4, -0.2) is 36.8 Å². The molecule has 0 aromatic carbocycles. The topological polar surface area (TPSA) is 38.2 Å². The lowest BCUT2D eigenvalue weighted by atomic mass is 10.3. The maximum Gasteiger partial charge on any atom is 0.171 e. The Morgan fingerprint density at radius 3 is 2.71 bits per heavy atom. The smallest absolute Gasteiger partial charge is 0.171 e. The predicted molar refractivity (Wildman–Crippen MR) is 56.8 cm³/mol. The van der Waals surface area contributed by atoms with Crippen molar-refractivity contribution in [2.24, 2.45) is 0 Å². The van der Waals surface area contributed by atoms with E-state index in [0.29, 0.717) is 17.6 Å². The van der Waals surface area contributed by atoms with Gasteiger partial charge in [0, 0.05) is 26.6 Å². The Bertz CT molecular complexity index is 295. The molecule has 1 rings (SSSR count). The van der Waals surface area contributed by atoms with E-state index in [1.165, 1.54) is 0 Å². The van der Waals surface area contributed by atoms with E-state index in [1.807, 2.05) is 18.9 Å². The van der Waals surface area contributed by atoms with Gasteiger partial charge in [0.15, 0.2) is 11.0 Å². The average molecular weight is 216 g/mol. The van der Waals surface area contributed by atoms with Gasteiger partial charge in [-0.2, -0.15) is 0 Å². The molecule has 1 unspecified atom stereocenters. The molecule has 0 spiro atoms. The fourth-order valence-corrected chi connectivity index (χ4v) is 1.35. The number of anilines is 1. The molecular weight excluding hydrogens is 202 g/mol. The summed E-state index contributed by atoms with van der Waals surface area (Å²) in [7, 11) is 3.59. The minimum Gasteiger partial charge on any atom is -0.383 e. The van der Waals surface area contributed by atoms with Gasteiger partial charge >= 0.3 is 0 Å². The van der Waals surface area contributed by atoms with Gasteiger partial charge in [0.2, 0.25) is 0 Å². The molecule has 0 aliphatic heterocycles. The van der Waals surface area contributed by atoms with Gasteiger partial charge < -0.3 is 9.64 Å². The second-order valence-electron chi connectivity index (χ2n) is 3.09. The molecule has 0 N–H and O–H groups in total. The maximum atomic E-state index is 5.91. The van der Waals surface area contributed by atoms with E-state index < -0.39 is 0 Å². The van der Waals surface area contributed by atoms with Crippen LogP contribution in [0.2, 0.25) is 5.15 Å². The van der Waals surface area contributed by atoms with E-state index in [4.69, 9.17) is 16.3 Å². The first-order valence-corrected chi connectivity index (χ1v) is 4.73. The summed E-state index contributed by atoms with van der Waals surface area (Å²) in [6, 6.07) is 0.217. The molecule has 0 bridgehead atoms. The summed E-state index contributed by atoms with van der Waals surface area (Å²) in [5, 5.41) is 0.415. The third-order valence-electron chi connectivity index (χ3n) is 2.04. The fourth-order valence-electron chi connectivity index (χ4n) is 1.11. The second kappa shape index (κ2) is 5.12. The van der Waals surface area contributed by atoms with Crippen LogP contribution in [0.4, 0.5) is 5.82 Å². The van der Waals surface area contributed by atoms with Crippen LogP contribution in [-0.2, 0) is 4.74 Å². The first-order chi connectivity index (χ1) is 6.66. The number of hydrogen-bond acceptors (Lipinski definition) is 4. The molecule has 0 radical (unpaired) electrons. The van der Waals surface area contributed by atoms with Crippen LogP contribution in [0.3, 0.4) is 0 Å². The molecule has 0 aliphatic carbocycles. The molecule has 1 heterocycles. The SMILES string of the molecule is COCC(C)N(C)c1nccnc1Cl. The normalized spacial score (nSPS) is 12.6. The molecule has 1 aromatic heterocycles. The number of nitrogens with zero attached hydrogens (tertiary/aromatic N) is 3. The van der Waals surface area contributed by atoms with Crippen molar-refractivity contribution in [2.75, 3.05) is 25.7 Å². The highest BCUT2D eigenvalue weighted by molar-refractivity contribution is 6.31. The molecular formula is C9H14ClN3O. The minimum atomic E-state index is 0.217. The Kier molecular flexibility index (Phi) is 4.10. The number of methoxy groups -OCH3 is 1. The lowest BCUT2D eigenvalue weighted by Gasteiger charge is -2.25. The van der Waals surface area contributed by atoms with Crippen LogP contribution in [0.25, 0.3) is 0 Å². The van der Waals surface area contributed by atoms with Gasteiger partial charge in [0.1, 0.15) is 0 Å². The molecule has 14 heavy (non-hydrogen) atoms. The Morgan fingerprint density at radius 2 is 2.14 bits per heavy atom. The number of hydrogen-bond donors (Lipinski definition) is 0. The zero-order valence-electron chi connectivity index (χ0n) is 8.57. The van der Waals surface area contributed by atoms with Gasteiger partial charge in [0.05, 0.1) is 12.6 Å². The van der Waals surface area contributed by atoms with Crippen LogP contribution in [0.15, 0.2) is 12.4 Å². The molecule has 1 atom stereocenters. The third-order valence-corrected chi connectivity index (χ3v) is 2.31. The molecule has 0 aliphatic rings. The van der Waals surface area contributed by atoms with E-state index >= 15 is 0 Å². The first-order valence-electron chi connectivity index (χ1n) is 4.35. The molecule has 1 aromatic rings. The molecule has 0 saturated carbocycles. The van der Waals surface area contributed by atoms with Gasteiger partial charge in [0.25, 0.3) is 0 Å². The summed E-state index contributed by atoms with van der Waals surface area (Å²) >= 11 is 5.91. The number of likely N-dealkylation sites (N-methyl/N-ethyl adjacent to an activating group) is 1. The monoisotopic (exact) mass is 215 g/mol. The van der Waals surface area contributed by atoms with Gasteiger partial charge in [-0.1, -0.05) is 11.6 Å². The van der Waals surface area contributed by atoms with Crippen LogP contribution in [0, 0.1) is 0 Å². The van der Waals surface area contributed by atoms with Crippen LogP contribution in [0.5, 0.6) is 0 Å². The van der Waals surface area contributed by atoms with E-state index in [1.54, 1.807) is 19.5 Å². The molecule has 0 saturated heterocycles. The molecule has 78 valence electrons. The number of rotatable bonds is 4. The van der Waals surface area contributed by atoms with Crippen molar-refractivity contribution in [3.63, 3.8) is 0 Å². The van der Waals surface area contributed by atoms with Crippen LogP contribution in [0.1, 0.15) is 6.92 Å². The summed E-state index contributed by atoms with van der Waals surface area (Å²) in [5.41, 5.74) is 0. The Morgan fingerprint density at radius 1 is 1.50 bits per heavy atom. The summed E-state index contributed by atoms with van der Waals surface area (Å²) in [6.45, 7) is 2.66. The largest absolute Gasteiger partial charge is 0.383 e. The van der Waals surface area contributed by atoms with Crippen molar-refractivity contribution >= 4 is 17.4 Å².